The number of hydrogen-bond acceptors (Lipinski definition) is 5. The largest absolute Gasteiger partial charge is 0.387 e. The third-order valence-corrected chi connectivity index (χ3v) is 6.98. The fourth-order valence-electron chi connectivity index (χ4n) is 3.91. The van der Waals surface area contributed by atoms with E-state index in [1.54, 1.807) is 6.08 Å². The van der Waals surface area contributed by atoms with Crippen molar-refractivity contribution < 1.29 is 28.0 Å². The van der Waals surface area contributed by atoms with Crippen molar-refractivity contribution in [3.63, 3.8) is 0 Å². The van der Waals surface area contributed by atoms with Crippen molar-refractivity contribution in [2.75, 3.05) is 5.75 Å². The average molecular weight is 544 g/mol. The number of hydrogen-bond donors (Lipinski definition) is 4. The highest BCUT2D eigenvalue weighted by Gasteiger charge is 2.27. The molecule has 3 atom stereocenters. The van der Waals surface area contributed by atoms with Crippen LogP contribution in [0.1, 0.15) is 117 Å². The highest BCUT2D eigenvalue weighted by atomic mass is 32.2. The fraction of sp³-hybridized carbons (Fsp3) is 0.759. The molecular weight excluding hydrogens is 490 g/mol. The normalized spacial score (nSPS) is 15.1. The van der Waals surface area contributed by atoms with Gasteiger partial charge in [-0.15, -0.1) is 0 Å². The molecule has 0 spiro atoms. The number of rotatable bonds is 24. The lowest BCUT2D eigenvalue weighted by Gasteiger charge is -2.22. The topological polar surface area (TPSA) is 124 Å². The number of carbonyl (C=O) groups excluding carboxylic acids is 1. The Morgan fingerprint density at radius 3 is 1.84 bits per heavy atom. The first kappa shape index (κ1) is 35.5. The highest BCUT2D eigenvalue weighted by Crippen LogP contribution is 2.11. The molecule has 0 aromatic carbocycles. The van der Waals surface area contributed by atoms with E-state index in [1.165, 1.54) is 25.3 Å². The van der Waals surface area contributed by atoms with Crippen LogP contribution in [0.4, 0.5) is 0 Å². The quantitative estimate of drug-likeness (QED) is 0.0510. The zero-order valence-electron chi connectivity index (χ0n) is 23.2. The average Bonchev–Trinajstić information content (AvgIpc) is 2.84. The van der Waals surface area contributed by atoms with E-state index in [-0.39, 0.29) is 6.42 Å². The zero-order valence-corrected chi connectivity index (χ0v) is 24.0. The van der Waals surface area contributed by atoms with Crippen LogP contribution in [0.5, 0.6) is 0 Å². The maximum absolute atomic E-state index is 12.4. The maximum Gasteiger partial charge on any atom is 0.267 e. The molecule has 0 saturated heterocycles. The smallest absolute Gasteiger partial charge is 0.267 e. The number of aliphatic hydroxyl groups is 2. The van der Waals surface area contributed by atoms with E-state index in [1.807, 2.05) is 0 Å². The number of allylic oxidation sites excluding steroid dienone is 5. The van der Waals surface area contributed by atoms with Gasteiger partial charge >= 0.3 is 0 Å². The number of unbranched alkanes of at least 4 members (excludes halogenated alkanes) is 12. The van der Waals surface area contributed by atoms with E-state index >= 15 is 0 Å². The Morgan fingerprint density at radius 1 is 0.757 bits per heavy atom. The van der Waals surface area contributed by atoms with E-state index in [4.69, 9.17) is 0 Å². The van der Waals surface area contributed by atoms with Crippen LogP contribution in [0.15, 0.2) is 36.5 Å². The van der Waals surface area contributed by atoms with Gasteiger partial charge in [0.1, 0.15) is 6.10 Å². The van der Waals surface area contributed by atoms with Crippen LogP contribution in [-0.4, -0.2) is 53.1 Å². The first-order chi connectivity index (χ1) is 17.7. The Labute approximate surface area is 226 Å². The van der Waals surface area contributed by atoms with Crippen molar-refractivity contribution in [1.82, 2.24) is 5.32 Å². The number of nitrogens with one attached hydrogen (secondary N) is 1. The van der Waals surface area contributed by atoms with E-state index < -0.39 is 40.0 Å². The molecule has 4 N–H and O–H groups in total. The molecule has 0 aliphatic carbocycles. The summed E-state index contributed by atoms with van der Waals surface area (Å²) in [5.41, 5.74) is 0. The Kier molecular flexibility index (Phi) is 22.7. The summed E-state index contributed by atoms with van der Waals surface area (Å²) >= 11 is 0. The molecule has 0 aliphatic heterocycles. The molecule has 3 unspecified atom stereocenters. The predicted octanol–water partition coefficient (Wildman–Crippen LogP) is 6.03. The summed E-state index contributed by atoms with van der Waals surface area (Å²) in [6.45, 7) is 4.32. The standard InChI is InChI=1S/C29H53NO6S/c1-3-5-7-9-11-12-13-14-15-16-17-18-20-22-24-28(32)29(33)30-26(25-37(34,35)36)27(31)23-21-19-10-8-6-4-2/h11-14,21,23,26-28,31-32H,3-10,15-20,22,24-25H2,1-2H3,(H,30,33)(H,34,35,36)/b12-11-,14-13-,23-21+. The molecular formula is C29H53NO6S. The summed E-state index contributed by atoms with van der Waals surface area (Å²) < 4.78 is 31.9. The fourth-order valence-corrected chi connectivity index (χ4v) is 4.65. The molecule has 216 valence electrons. The van der Waals surface area contributed by atoms with Gasteiger partial charge in [-0.05, 0) is 44.9 Å². The molecule has 0 heterocycles. The Morgan fingerprint density at radius 2 is 1.24 bits per heavy atom. The predicted molar refractivity (Wildman–Crippen MR) is 153 cm³/mol. The van der Waals surface area contributed by atoms with Crippen LogP contribution in [0.3, 0.4) is 0 Å². The van der Waals surface area contributed by atoms with Crippen molar-refractivity contribution >= 4 is 16.0 Å². The third-order valence-electron chi connectivity index (χ3n) is 6.20. The highest BCUT2D eigenvalue weighted by molar-refractivity contribution is 7.85. The summed E-state index contributed by atoms with van der Waals surface area (Å²) in [5, 5.41) is 22.9. The second kappa shape index (κ2) is 23.6. The van der Waals surface area contributed by atoms with Crippen molar-refractivity contribution in [3.8, 4) is 0 Å². The number of carbonyl (C=O) groups is 1. The van der Waals surface area contributed by atoms with Gasteiger partial charge in [-0.25, -0.2) is 0 Å². The minimum atomic E-state index is -4.42. The molecule has 0 radical (unpaired) electrons. The van der Waals surface area contributed by atoms with Crippen molar-refractivity contribution in [2.45, 2.75) is 135 Å². The van der Waals surface area contributed by atoms with Gasteiger partial charge in [0.2, 0.25) is 5.91 Å². The lowest BCUT2D eigenvalue weighted by molar-refractivity contribution is -0.130. The molecule has 0 fully saturated rings. The van der Waals surface area contributed by atoms with Crippen LogP contribution >= 0.6 is 0 Å². The van der Waals surface area contributed by atoms with Crippen LogP contribution in [0.2, 0.25) is 0 Å². The summed E-state index contributed by atoms with van der Waals surface area (Å²) in [7, 11) is -4.42. The molecule has 7 nitrogen and oxygen atoms in total. The molecule has 0 rings (SSSR count). The van der Waals surface area contributed by atoms with E-state index in [2.05, 4.69) is 43.5 Å². The van der Waals surface area contributed by atoms with Crippen molar-refractivity contribution in [3.05, 3.63) is 36.5 Å². The minimum Gasteiger partial charge on any atom is -0.387 e. The Hall–Kier alpha value is -1.48. The van der Waals surface area contributed by atoms with E-state index in [0.717, 1.165) is 70.6 Å². The van der Waals surface area contributed by atoms with Crippen LogP contribution in [0.25, 0.3) is 0 Å². The van der Waals surface area contributed by atoms with Gasteiger partial charge in [-0.2, -0.15) is 8.42 Å². The molecule has 0 aromatic heterocycles. The molecule has 0 saturated carbocycles. The minimum absolute atomic E-state index is 0.260. The first-order valence-electron chi connectivity index (χ1n) is 14.3. The monoisotopic (exact) mass is 543 g/mol. The third kappa shape index (κ3) is 23.4. The summed E-state index contributed by atoms with van der Waals surface area (Å²) in [4.78, 5) is 12.4. The second-order valence-corrected chi connectivity index (χ2v) is 11.3. The summed E-state index contributed by atoms with van der Waals surface area (Å²) in [6, 6.07) is -1.23. The van der Waals surface area contributed by atoms with Crippen LogP contribution in [0, 0.1) is 0 Å². The zero-order chi connectivity index (χ0) is 27.8. The van der Waals surface area contributed by atoms with Gasteiger partial charge in [0.05, 0.1) is 17.9 Å². The molecule has 8 heteroatoms. The Balaban J connectivity index is 4.23. The number of aliphatic hydroxyl groups excluding tert-OH is 2. The van der Waals surface area contributed by atoms with Gasteiger partial charge in [-0.3, -0.25) is 9.35 Å². The maximum atomic E-state index is 12.4. The molecule has 0 aromatic rings. The molecule has 37 heavy (non-hydrogen) atoms. The molecule has 1 amide bonds. The summed E-state index contributed by atoms with van der Waals surface area (Å²) in [5.74, 6) is -1.56. The SMILES string of the molecule is CCCCC/C=C\C=C/CCCCCCCC(O)C(=O)NC(CS(=O)(=O)O)C(O)/C=C/CCCCCC. The lowest BCUT2D eigenvalue weighted by atomic mass is 10.1. The van der Waals surface area contributed by atoms with Crippen LogP contribution < -0.4 is 5.32 Å². The summed E-state index contributed by atoms with van der Waals surface area (Å²) in [6.07, 6.45) is 25.2. The second-order valence-electron chi connectivity index (χ2n) is 9.84. The Bertz CT molecular complexity index is 747. The van der Waals surface area contributed by atoms with Crippen molar-refractivity contribution in [2.24, 2.45) is 0 Å². The van der Waals surface area contributed by atoms with Gasteiger partial charge in [0, 0.05) is 0 Å². The molecule has 0 bridgehead atoms. The first-order valence-corrected chi connectivity index (χ1v) is 15.9. The van der Waals surface area contributed by atoms with Gasteiger partial charge in [0.25, 0.3) is 10.1 Å². The van der Waals surface area contributed by atoms with Crippen molar-refractivity contribution in [1.29, 1.82) is 0 Å². The van der Waals surface area contributed by atoms with Gasteiger partial charge in [0.15, 0.2) is 0 Å². The van der Waals surface area contributed by atoms with E-state index in [9.17, 15) is 28.0 Å². The van der Waals surface area contributed by atoms with Crippen LogP contribution in [-0.2, 0) is 14.9 Å². The molecule has 0 aliphatic rings. The van der Waals surface area contributed by atoms with E-state index in [0.29, 0.717) is 6.42 Å². The lowest BCUT2D eigenvalue weighted by Crippen LogP contribution is -2.50. The van der Waals surface area contributed by atoms with Gasteiger partial charge < -0.3 is 15.5 Å². The number of amides is 1. The van der Waals surface area contributed by atoms with Gasteiger partial charge in [-0.1, -0.05) is 108 Å².